The maximum atomic E-state index is 8.87. The molecule has 0 saturated heterocycles. The maximum absolute atomic E-state index is 8.87. The maximum Gasteiger partial charge on any atom is 0.101 e. The van der Waals surface area contributed by atoms with Gasteiger partial charge in [0, 0.05) is 30.4 Å². The van der Waals surface area contributed by atoms with Crippen molar-refractivity contribution in [1.82, 2.24) is 9.97 Å². The molecule has 0 fully saturated rings. The minimum atomic E-state index is 0.582. The topological polar surface area (TPSA) is 49.6 Å². The van der Waals surface area contributed by atoms with E-state index >= 15 is 0 Å². The average molecular weight is 181 g/mol. The normalized spacial score (nSPS) is 9.36. The number of aromatic nitrogens is 2. The molecule has 0 bridgehead atoms. The fourth-order valence-electron chi connectivity index (χ4n) is 1.27. The molecule has 0 amide bonds. The van der Waals surface area contributed by atoms with Gasteiger partial charge in [-0.3, -0.25) is 9.97 Å². The molecular weight excluding hydrogens is 174 g/mol. The second-order valence-electron chi connectivity index (χ2n) is 2.77. The molecule has 0 saturated carbocycles. The van der Waals surface area contributed by atoms with Gasteiger partial charge in [0.1, 0.15) is 6.07 Å². The highest BCUT2D eigenvalue weighted by Crippen LogP contribution is 2.20. The highest BCUT2D eigenvalue weighted by molar-refractivity contribution is 5.69. The minimum Gasteiger partial charge on any atom is -0.265 e. The first-order chi connectivity index (χ1) is 6.92. The van der Waals surface area contributed by atoms with Gasteiger partial charge in [-0.2, -0.15) is 5.26 Å². The van der Waals surface area contributed by atoms with Gasteiger partial charge in [-0.25, -0.2) is 0 Å². The third-order valence-electron chi connectivity index (χ3n) is 1.93. The van der Waals surface area contributed by atoms with Crippen LogP contribution in [0.25, 0.3) is 11.1 Å². The second-order valence-corrected chi connectivity index (χ2v) is 2.77. The Morgan fingerprint density at radius 1 is 1.00 bits per heavy atom. The van der Waals surface area contributed by atoms with Gasteiger partial charge >= 0.3 is 0 Å². The lowest BCUT2D eigenvalue weighted by Crippen LogP contribution is -1.85. The van der Waals surface area contributed by atoms with Crippen LogP contribution >= 0.6 is 0 Å². The molecule has 0 atom stereocenters. The zero-order valence-electron chi connectivity index (χ0n) is 7.38. The number of rotatable bonds is 1. The number of hydrogen-bond donors (Lipinski definition) is 0. The van der Waals surface area contributed by atoms with Crippen LogP contribution in [-0.2, 0) is 0 Å². The molecule has 0 aliphatic rings. The van der Waals surface area contributed by atoms with Crippen LogP contribution in [-0.4, -0.2) is 9.97 Å². The zero-order chi connectivity index (χ0) is 9.80. The third kappa shape index (κ3) is 1.46. The highest BCUT2D eigenvalue weighted by atomic mass is 14.6. The van der Waals surface area contributed by atoms with E-state index in [0.29, 0.717) is 5.56 Å². The average Bonchev–Trinajstić information content (AvgIpc) is 2.30. The molecular formula is C11H7N3. The van der Waals surface area contributed by atoms with Crippen LogP contribution in [0.15, 0.2) is 43.0 Å². The lowest BCUT2D eigenvalue weighted by atomic mass is 10.0. The monoisotopic (exact) mass is 181 g/mol. The zero-order valence-corrected chi connectivity index (χ0v) is 7.38. The van der Waals surface area contributed by atoms with Crippen molar-refractivity contribution in [3.63, 3.8) is 0 Å². The number of hydrogen-bond acceptors (Lipinski definition) is 3. The Morgan fingerprint density at radius 3 is 2.43 bits per heavy atom. The van der Waals surface area contributed by atoms with E-state index in [-0.39, 0.29) is 0 Å². The smallest absolute Gasteiger partial charge is 0.101 e. The standard InChI is InChI=1S/C11H7N3/c12-7-10-8-14-6-3-11(10)9-1-4-13-5-2-9/h1-6,8H. The van der Waals surface area contributed by atoms with Crippen molar-refractivity contribution in [1.29, 1.82) is 5.26 Å². The molecule has 0 unspecified atom stereocenters. The van der Waals surface area contributed by atoms with Crippen LogP contribution in [0.1, 0.15) is 5.56 Å². The van der Waals surface area contributed by atoms with Crippen LogP contribution < -0.4 is 0 Å². The number of nitriles is 1. The predicted octanol–water partition coefficient (Wildman–Crippen LogP) is 2.02. The summed E-state index contributed by atoms with van der Waals surface area (Å²) in [6.07, 6.45) is 6.65. The van der Waals surface area contributed by atoms with Crippen LogP contribution in [0.4, 0.5) is 0 Å². The molecule has 3 heteroatoms. The van der Waals surface area contributed by atoms with Crippen LogP contribution in [0.3, 0.4) is 0 Å². The summed E-state index contributed by atoms with van der Waals surface area (Å²) in [7, 11) is 0. The largest absolute Gasteiger partial charge is 0.265 e. The van der Waals surface area contributed by atoms with Crippen LogP contribution in [0.5, 0.6) is 0 Å². The van der Waals surface area contributed by atoms with Crippen molar-refractivity contribution >= 4 is 0 Å². The molecule has 0 N–H and O–H groups in total. The summed E-state index contributed by atoms with van der Waals surface area (Å²) in [5, 5.41) is 8.87. The second kappa shape index (κ2) is 3.67. The van der Waals surface area contributed by atoms with Crippen LogP contribution in [0, 0.1) is 11.3 Å². The van der Waals surface area contributed by atoms with Gasteiger partial charge in [0.05, 0.1) is 5.56 Å². The number of pyridine rings is 2. The Bertz CT molecular complexity index is 471. The molecule has 0 radical (unpaired) electrons. The molecule has 2 aromatic rings. The van der Waals surface area contributed by atoms with E-state index in [4.69, 9.17) is 5.26 Å². The molecule has 0 aliphatic carbocycles. The fraction of sp³-hybridized carbons (Fsp3) is 0. The lowest BCUT2D eigenvalue weighted by Gasteiger charge is -2.01. The van der Waals surface area contributed by atoms with Crippen molar-refractivity contribution in [3.8, 4) is 17.2 Å². The van der Waals surface area contributed by atoms with Crippen molar-refractivity contribution in [2.24, 2.45) is 0 Å². The third-order valence-corrected chi connectivity index (χ3v) is 1.93. The first kappa shape index (κ1) is 8.39. The van der Waals surface area contributed by atoms with Gasteiger partial charge in [0.25, 0.3) is 0 Å². The fourth-order valence-corrected chi connectivity index (χ4v) is 1.27. The van der Waals surface area contributed by atoms with Gasteiger partial charge < -0.3 is 0 Å². The lowest BCUT2D eigenvalue weighted by molar-refractivity contribution is 1.29. The van der Waals surface area contributed by atoms with Gasteiger partial charge in [-0.05, 0) is 23.8 Å². The molecule has 66 valence electrons. The summed E-state index contributed by atoms with van der Waals surface area (Å²) in [4.78, 5) is 7.83. The molecule has 2 rings (SSSR count). The van der Waals surface area contributed by atoms with E-state index in [0.717, 1.165) is 11.1 Å². The van der Waals surface area contributed by atoms with Crippen molar-refractivity contribution in [2.45, 2.75) is 0 Å². The Morgan fingerprint density at radius 2 is 1.71 bits per heavy atom. The van der Waals surface area contributed by atoms with E-state index in [2.05, 4.69) is 16.0 Å². The van der Waals surface area contributed by atoms with E-state index in [9.17, 15) is 0 Å². The SMILES string of the molecule is N#Cc1cnccc1-c1ccncc1. The molecule has 14 heavy (non-hydrogen) atoms. The van der Waals surface area contributed by atoms with E-state index in [1.54, 1.807) is 24.8 Å². The van der Waals surface area contributed by atoms with Gasteiger partial charge in [-0.1, -0.05) is 0 Å². The van der Waals surface area contributed by atoms with Gasteiger partial charge in [0.2, 0.25) is 0 Å². The Balaban J connectivity index is 2.58. The van der Waals surface area contributed by atoms with Crippen molar-refractivity contribution in [2.75, 3.05) is 0 Å². The molecule has 0 aliphatic heterocycles. The molecule has 0 aromatic carbocycles. The van der Waals surface area contributed by atoms with E-state index in [1.807, 2.05) is 18.2 Å². The van der Waals surface area contributed by atoms with E-state index in [1.165, 1.54) is 0 Å². The summed E-state index contributed by atoms with van der Waals surface area (Å²) >= 11 is 0. The molecule has 2 aromatic heterocycles. The molecule has 2 heterocycles. The van der Waals surface area contributed by atoms with Crippen LogP contribution in [0.2, 0.25) is 0 Å². The Hall–Kier alpha value is -2.21. The predicted molar refractivity (Wildman–Crippen MR) is 52.2 cm³/mol. The van der Waals surface area contributed by atoms with Gasteiger partial charge in [-0.15, -0.1) is 0 Å². The van der Waals surface area contributed by atoms with E-state index < -0.39 is 0 Å². The summed E-state index contributed by atoms with van der Waals surface area (Å²) in [6, 6.07) is 7.68. The highest BCUT2D eigenvalue weighted by Gasteiger charge is 2.02. The summed E-state index contributed by atoms with van der Waals surface area (Å²) in [5.74, 6) is 0. The van der Waals surface area contributed by atoms with Crippen molar-refractivity contribution in [3.05, 3.63) is 48.5 Å². The number of nitrogens with zero attached hydrogens (tertiary/aromatic N) is 3. The summed E-state index contributed by atoms with van der Waals surface area (Å²) in [6.45, 7) is 0. The first-order valence-electron chi connectivity index (χ1n) is 4.16. The summed E-state index contributed by atoms with van der Waals surface area (Å²) < 4.78 is 0. The van der Waals surface area contributed by atoms with Crippen molar-refractivity contribution < 1.29 is 0 Å². The first-order valence-corrected chi connectivity index (χ1v) is 4.16. The minimum absolute atomic E-state index is 0.582. The summed E-state index contributed by atoms with van der Waals surface area (Å²) in [5.41, 5.74) is 2.46. The van der Waals surface area contributed by atoms with Gasteiger partial charge in [0.15, 0.2) is 0 Å². The molecule has 3 nitrogen and oxygen atoms in total. The Labute approximate surface area is 81.7 Å². The molecule has 0 spiro atoms. The quantitative estimate of drug-likeness (QED) is 0.676. The Kier molecular flexibility index (Phi) is 2.20.